The summed E-state index contributed by atoms with van der Waals surface area (Å²) in [7, 11) is 0. The third-order valence-electron chi connectivity index (χ3n) is 2.75. The first-order valence-corrected chi connectivity index (χ1v) is 6.15. The molecule has 0 radical (unpaired) electrons. The summed E-state index contributed by atoms with van der Waals surface area (Å²) in [6, 6.07) is 5.85. The van der Waals surface area contributed by atoms with Crippen molar-refractivity contribution in [2.75, 3.05) is 6.61 Å². The molecule has 1 aromatic carbocycles. The van der Waals surface area contributed by atoms with Gasteiger partial charge < -0.3 is 4.74 Å². The van der Waals surface area contributed by atoms with E-state index in [1.807, 2.05) is 25.1 Å². The summed E-state index contributed by atoms with van der Waals surface area (Å²) in [4.78, 5) is 0. The van der Waals surface area contributed by atoms with E-state index in [1.165, 1.54) is 5.56 Å². The molecule has 102 valence electrons. The van der Waals surface area contributed by atoms with Gasteiger partial charge >= 0.3 is 6.18 Å². The van der Waals surface area contributed by atoms with Crippen LogP contribution in [0.4, 0.5) is 13.2 Å². The minimum Gasteiger partial charge on any atom is -0.367 e. The second-order valence-electron chi connectivity index (χ2n) is 4.47. The normalized spacial score (nSPS) is 11.8. The maximum Gasteiger partial charge on any atom is 0.411 e. The molecule has 0 N–H and O–H groups in total. The second kappa shape index (κ2) is 6.78. The molecule has 0 spiro atoms. The van der Waals surface area contributed by atoms with Gasteiger partial charge in [0.15, 0.2) is 0 Å². The molecule has 1 nitrogen and oxygen atoms in total. The van der Waals surface area contributed by atoms with E-state index < -0.39 is 12.8 Å². The topological polar surface area (TPSA) is 9.23 Å². The fraction of sp³-hybridized carbons (Fsp3) is 0.571. The van der Waals surface area contributed by atoms with Crippen molar-refractivity contribution in [3.63, 3.8) is 0 Å². The molecule has 0 amide bonds. The average molecular weight is 260 g/mol. The zero-order chi connectivity index (χ0) is 13.6. The quantitative estimate of drug-likeness (QED) is 0.735. The third kappa shape index (κ3) is 5.54. The Balaban J connectivity index is 2.52. The summed E-state index contributed by atoms with van der Waals surface area (Å²) in [5.41, 5.74) is 3.04. The van der Waals surface area contributed by atoms with Gasteiger partial charge in [0.1, 0.15) is 6.61 Å². The molecule has 0 saturated carbocycles. The van der Waals surface area contributed by atoms with Crippen LogP contribution < -0.4 is 0 Å². The monoisotopic (exact) mass is 260 g/mol. The molecular weight excluding hydrogens is 241 g/mol. The van der Waals surface area contributed by atoms with Crippen LogP contribution >= 0.6 is 0 Å². The molecule has 0 aromatic heterocycles. The largest absolute Gasteiger partial charge is 0.411 e. The van der Waals surface area contributed by atoms with Gasteiger partial charge in [0, 0.05) is 0 Å². The lowest BCUT2D eigenvalue weighted by Crippen LogP contribution is -2.16. The van der Waals surface area contributed by atoms with Crippen LogP contribution in [0.3, 0.4) is 0 Å². The zero-order valence-corrected chi connectivity index (χ0v) is 10.8. The first kappa shape index (κ1) is 15.0. The van der Waals surface area contributed by atoms with E-state index in [0.29, 0.717) is 0 Å². The lowest BCUT2D eigenvalue weighted by molar-refractivity contribution is -0.176. The van der Waals surface area contributed by atoms with Crippen LogP contribution in [0.5, 0.6) is 0 Å². The number of hydrogen-bond acceptors (Lipinski definition) is 1. The van der Waals surface area contributed by atoms with Crippen LogP contribution in [0.2, 0.25) is 0 Å². The Labute approximate surface area is 106 Å². The minimum atomic E-state index is -4.25. The van der Waals surface area contributed by atoms with Crippen LogP contribution in [0.1, 0.15) is 36.5 Å². The summed E-state index contributed by atoms with van der Waals surface area (Å²) >= 11 is 0. The molecule has 0 bridgehead atoms. The van der Waals surface area contributed by atoms with Crippen molar-refractivity contribution in [3.05, 3.63) is 34.9 Å². The van der Waals surface area contributed by atoms with Gasteiger partial charge in [-0.15, -0.1) is 0 Å². The van der Waals surface area contributed by atoms with Gasteiger partial charge in [-0.1, -0.05) is 31.5 Å². The Morgan fingerprint density at radius 1 is 1.22 bits per heavy atom. The molecule has 0 heterocycles. The smallest absolute Gasteiger partial charge is 0.367 e. The van der Waals surface area contributed by atoms with E-state index in [9.17, 15) is 13.2 Å². The highest BCUT2D eigenvalue weighted by Crippen LogP contribution is 2.18. The average Bonchev–Trinajstić information content (AvgIpc) is 2.27. The molecule has 0 atom stereocenters. The number of ether oxygens (including phenoxy) is 1. The number of alkyl halides is 3. The lowest BCUT2D eigenvalue weighted by atomic mass is 10.0. The summed E-state index contributed by atoms with van der Waals surface area (Å²) in [6.45, 7) is 2.86. The summed E-state index contributed by atoms with van der Waals surface area (Å²) in [5, 5.41) is 0. The predicted molar refractivity (Wildman–Crippen MR) is 65.5 cm³/mol. The zero-order valence-electron chi connectivity index (χ0n) is 10.8. The summed E-state index contributed by atoms with van der Waals surface area (Å²) in [6.07, 6.45) is -0.977. The standard InChI is InChI=1S/C14H19F3O/c1-3-4-5-12-6-7-13(11(2)8-12)9-18-10-14(15,16)17/h6-8H,3-5,9-10H2,1-2H3. The number of unbranched alkanes of at least 4 members (excludes halogenated alkanes) is 1. The number of benzene rings is 1. The van der Waals surface area contributed by atoms with Gasteiger partial charge in [0.05, 0.1) is 6.61 Å². The molecule has 4 heteroatoms. The number of hydrogen-bond donors (Lipinski definition) is 0. The lowest BCUT2D eigenvalue weighted by Gasteiger charge is -2.11. The van der Waals surface area contributed by atoms with E-state index in [2.05, 4.69) is 11.7 Å². The van der Waals surface area contributed by atoms with E-state index in [0.717, 1.165) is 30.4 Å². The molecule has 0 aliphatic heterocycles. The molecule has 1 rings (SSSR count). The Bertz CT molecular complexity index is 372. The van der Waals surface area contributed by atoms with Gasteiger partial charge in [-0.3, -0.25) is 0 Å². The van der Waals surface area contributed by atoms with Crippen LogP contribution in [0.25, 0.3) is 0 Å². The van der Waals surface area contributed by atoms with Gasteiger partial charge in [-0.25, -0.2) is 0 Å². The van der Waals surface area contributed by atoms with Gasteiger partial charge in [0.25, 0.3) is 0 Å². The Kier molecular flexibility index (Phi) is 5.66. The number of halogens is 3. The van der Waals surface area contributed by atoms with Crippen molar-refractivity contribution in [2.24, 2.45) is 0 Å². The number of rotatable bonds is 6. The van der Waals surface area contributed by atoms with Crippen LogP contribution in [-0.2, 0) is 17.8 Å². The predicted octanol–water partition coefficient (Wildman–Crippen LogP) is 4.42. The van der Waals surface area contributed by atoms with E-state index in [1.54, 1.807) is 0 Å². The van der Waals surface area contributed by atoms with E-state index in [4.69, 9.17) is 0 Å². The van der Waals surface area contributed by atoms with Gasteiger partial charge in [-0.2, -0.15) is 13.2 Å². The second-order valence-corrected chi connectivity index (χ2v) is 4.47. The van der Waals surface area contributed by atoms with Crippen molar-refractivity contribution in [1.29, 1.82) is 0 Å². The fourth-order valence-corrected chi connectivity index (χ4v) is 1.73. The molecule has 0 aliphatic carbocycles. The fourth-order valence-electron chi connectivity index (χ4n) is 1.73. The van der Waals surface area contributed by atoms with Crippen LogP contribution in [-0.4, -0.2) is 12.8 Å². The molecule has 0 aliphatic rings. The van der Waals surface area contributed by atoms with Crippen molar-refractivity contribution >= 4 is 0 Å². The van der Waals surface area contributed by atoms with Crippen molar-refractivity contribution in [3.8, 4) is 0 Å². The van der Waals surface area contributed by atoms with Crippen molar-refractivity contribution in [2.45, 2.75) is 45.9 Å². The van der Waals surface area contributed by atoms with E-state index >= 15 is 0 Å². The van der Waals surface area contributed by atoms with Crippen LogP contribution in [0, 0.1) is 6.92 Å². The highest BCUT2D eigenvalue weighted by Gasteiger charge is 2.27. The van der Waals surface area contributed by atoms with Crippen molar-refractivity contribution in [1.82, 2.24) is 0 Å². The Morgan fingerprint density at radius 3 is 2.50 bits per heavy atom. The van der Waals surface area contributed by atoms with Crippen molar-refractivity contribution < 1.29 is 17.9 Å². The molecule has 1 aromatic rings. The highest BCUT2D eigenvalue weighted by molar-refractivity contribution is 5.30. The molecule has 0 unspecified atom stereocenters. The highest BCUT2D eigenvalue weighted by atomic mass is 19.4. The maximum absolute atomic E-state index is 11.9. The first-order chi connectivity index (χ1) is 8.42. The van der Waals surface area contributed by atoms with Gasteiger partial charge in [-0.05, 0) is 36.5 Å². The van der Waals surface area contributed by atoms with Crippen LogP contribution in [0.15, 0.2) is 18.2 Å². The Hall–Kier alpha value is -1.03. The maximum atomic E-state index is 11.9. The summed E-state index contributed by atoms with van der Waals surface area (Å²) in [5.74, 6) is 0. The van der Waals surface area contributed by atoms with Gasteiger partial charge in [0.2, 0.25) is 0 Å². The third-order valence-corrected chi connectivity index (χ3v) is 2.75. The summed E-state index contributed by atoms with van der Waals surface area (Å²) < 4.78 is 40.5. The Morgan fingerprint density at radius 2 is 1.94 bits per heavy atom. The van der Waals surface area contributed by atoms with E-state index in [-0.39, 0.29) is 6.61 Å². The first-order valence-electron chi connectivity index (χ1n) is 6.15. The minimum absolute atomic E-state index is 0.0133. The number of aryl methyl sites for hydroxylation is 2. The molecule has 18 heavy (non-hydrogen) atoms. The molecular formula is C14H19F3O. The molecule has 0 fully saturated rings. The molecule has 0 saturated heterocycles. The SMILES string of the molecule is CCCCc1ccc(COCC(F)(F)F)c(C)c1.